The third kappa shape index (κ3) is 2.60. The van der Waals surface area contributed by atoms with Crippen LogP contribution in [0, 0.1) is 5.92 Å². The first-order valence-corrected chi connectivity index (χ1v) is 11.4. The Labute approximate surface area is 174 Å². The molecule has 2 N–H and O–H groups in total. The number of fused-ring (bicyclic) bond motifs is 2. The van der Waals surface area contributed by atoms with Gasteiger partial charge in [-0.25, -0.2) is 9.97 Å². The van der Waals surface area contributed by atoms with Crippen LogP contribution in [-0.4, -0.2) is 45.0 Å². The number of imidazole rings is 1. The van der Waals surface area contributed by atoms with E-state index in [9.17, 15) is 0 Å². The van der Waals surface area contributed by atoms with Gasteiger partial charge in [-0.1, -0.05) is 24.2 Å². The van der Waals surface area contributed by atoms with Crippen LogP contribution in [0.3, 0.4) is 0 Å². The lowest BCUT2D eigenvalue weighted by Crippen LogP contribution is -2.59. The number of nitrogens with zero attached hydrogens (tertiary/aromatic N) is 5. The molecule has 3 aromatic rings. The second-order valence-corrected chi connectivity index (χ2v) is 9.93. The molecule has 7 heteroatoms. The van der Waals surface area contributed by atoms with Gasteiger partial charge in [-0.2, -0.15) is 4.99 Å². The van der Waals surface area contributed by atoms with Crippen LogP contribution < -0.4 is 5.73 Å². The number of hydrogen-bond acceptors (Lipinski definition) is 5. The summed E-state index contributed by atoms with van der Waals surface area (Å²) >= 11 is 1.63. The van der Waals surface area contributed by atoms with Gasteiger partial charge in [0.25, 0.3) is 0 Å². The molecule has 0 spiro atoms. The summed E-state index contributed by atoms with van der Waals surface area (Å²) in [6, 6.07) is 5.48. The Morgan fingerprint density at radius 3 is 3.10 bits per heavy atom. The molecule has 0 unspecified atom stereocenters. The van der Waals surface area contributed by atoms with Gasteiger partial charge in [0.15, 0.2) is 0 Å². The van der Waals surface area contributed by atoms with Gasteiger partial charge in [0, 0.05) is 23.9 Å². The summed E-state index contributed by atoms with van der Waals surface area (Å²) in [6.45, 7) is 1.21. The first kappa shape index (κ1) is 17.6. The summed E-state index contributed by atoms with van der Waals surface area (Å²) in [5.41, 5.74) is 10.7. The quantitative estimate of drug-likeness (QED) is 0.494. The van der Waals surface area contributed by atoms with E-state index in [1.165, 1.54) is 55.3 Å². The molecule has 1 saturated carbocycles. The molecule has 6 rings (SSSR count). The molecule has 2 fully saturated rings. The van der Waals surface area contributed by atoms with E-state index in [0.717, 1.165) is 11.4 Å². The van der Waals surface area contributed by atoms with Crippen LogP contribution in [0.5, 0.6) is 0 Å². The fourth-order valence-electron chi connectivity index (χ4n) is 6.21. The van der Waals surface area contributed by atoms with Crippen molar-refractivity contribution in [1.29, 1.82) is 0 Å². The zero-order valence-electron chi connectivity index (χ0n) is 16.7. The number of thiazole rings is 1. The van der Waals surface area contributed by atoms with Gasteiger partial charge in [-0.05, 0) is 68.5 Å². The Kier molecular flexibility index (Phi) is 3.87. The van der Waals surface area contributed by atoms with Gasteiger partial charge in [0.2, 0.25) is 11.1 Å². The van der Waals surface area contributed by atoms with Crippen molar-refractivity contribution >= 4 is 32.6 Å². The maximum Gasteiger partial charge on any atom is 0.213 e. The molecule has 1 aromatic carbocycles. The molecule has 0 amide bonds. The third-order valence-electron chi connectivity index (χ3n) is 7.59. The lowest BCUT2D eigenvalue weighted by Gasteiger charge is -2.58. The molecule has 3 atom stereocenters. The lowest BCUT2D eigenvalue weighted by molar-refractivity contribution is 0.00298. The highest BCUT2D eigenvalue weighted by atomic mass is 32.1. The highest BCUT2D eigenvalue weighted by Gasteiger charge is 2.53. The molecule has 1 saturated heterocycles. The normalized spacial score (nSPS) is 29.6. The van der Waals surface area contributed by atoms with E-state index in [1.54, 1.807) is 40.2 Å². The Morgan fingerprint density at radius 2 is 2.24 bits per heavy atom. The second-order valence-electron chi connectivity index (χ2n) is 8.92. The first-order chi connectivity index (χ1) is 14.1. The first-order valence-electron chi connectivity index (χ1n) is 10.6. The van der Waals surface area contributed by atoms with E-state index in [4.69, 9.17) is 10.7 Å². The van der Waals surface area contributed by atoms with Crippen LogP contribution in [0.15, 0.2) is 35.8 Å². The molecule has 3 heterocycles. The van der Waals surface area contributed by atoms with Crippen molar-refractivity contribution in [3.8, 4) is 0 Å². The average molecular weight is 407 g/mol. The van der Waals surface area contributed by atoms with Crippen molar-refractivity contribution < 1.29 is 0 Å². The SMILES string of the molecule is CN1CC[C@]23CCCC[C@H]2[C@H]1Cc1cc2sc(N=C(N)n4ccnc4)nc2cc13. The minimum atomic E-state index is 0.361. The van der Waals surface area contributed by atoms with E-state index in [2.05, 4.69) is 34.1 Å². The maximum absolute atomic E-state index is 6.12. The summed E-state index contributed by atoms with van der Waals surface area (Å²) < 4.78 is 2.93. The topological polar surface area (TPSA) is 72.3 Å². The van der Waals surface area contributed by atoms with Crippen LogP contribution in [0.4, 0.5) is 5.13 Å². The number of hydrogen-bond donors (Lipinski definition) is 1. The Balaban J connectivity index is 1.46. The minimum Gasteiger partial charge on any atom is -0.369 e. The summed E-state index contributed by atoms with van der Waals surface area (Å²) in [7, 11) is 2.32. The van der Waals surface area contributed by atoms with Crippen molar-refractivity contribution in [2.45, 2.75) is 50.0 Å². The highest BCUT2D eigenvalue weighted by Crippen LogP contribution is 2.56. The van der Waals surface area contributed by atoms with E-state index in [1.807, 2.05) is 0 Å². The molecule has 29 heavy (non-hydrogen) atoms. The minimum absolute atomic E-state index is 0.361. The molecule has 150 valence electrons. The number of aromatic nitrogens is 3. The highest BCUT2D eigenvalue weighted by molar-refractivity contribution is 7.22. The number of rotatable bonds is 1. The van der Waals surface area contributed by atoms with Crippen molar-refractivity contribution in [3.05, 3.63) is 42.0 Å². The van der Waals surface area contributed by atoms with Gasteiger partial charge < -0.3 is 10.6 Å². The van der Waals surface area contributed by atoms with Gasteiger partial charge >= 0.3 is 0 Å². The van der Waals surface area contributed by atoms with Crippen LogP contribution >= 0.6 is 11.3 Å². The Bertz CT molecular complexity index is 1100. The average Bonchev–Trinajstić information content (AvgIpc) is 3.39. The van der Waals surface area contributed by atoms with Gasteiger partial charge in [-0.3, -0.25) is 4.57 Å². The van der Waals surface area contributed by atoms with Crippen molar-refractivity contribution in [2.24, 2.45) is 16.6 Å². The number of aliphatic imine (C=N–C) groups is 1. The van der Waals surface area contributed by atoms with Crippen molar-refractivity contribution in [1.82, 2.24) is 19.4 Å². The summed E-state index contributed by atoms with van der Waals surface area (Å²) in [5, 5.41) is 0.714. The van der Waals surface area contributed by atoms with Crippen LogP contribution in [0.25, 0.3) is 10.2 Å². The van der Waals surface area contributed by atoms with Gasteiger partial charge in [0.1, 0.15) is 6.33 Å². The maximum atomic E-state index is 6.12. The summed E-state index contributed by atoms with van der Waals surface area (Å²) in [6.07, 6.45) is 13.1. The molecule has 2 bridgehead atoms. The summed E-state index contributed by atoms with van der Waals surface area (Å²) in [4.78, 5) is 16.0. The number of likely N-dealkylation sites (N-methyl/N-ethyl adjacent to an activating group) is 1. The molecular formula is C22H26N6S. The second kappa shape index (κ2) is 6.37. The van der Waals surface area contributed by atoms with E-state index < -0.39 is 0 Å². The number of nitrogens with two attached hydrogens (primary N) is 1. The fourth-order valence-corrected chi connectivity index (χ4v) is 7.10. The van der Waals surface area contributed by atoms with E-state index in [0.29, 0.717) is 22.5 Å². The predicted molar refractivity (Wildman–Crippen MR) is 117 cm³/mol. The molecular weight excluding hydrogens is 380 g/mol. The van der Waals surface area contributed by atoms with Crippen molar-refractivity contribution in [3.63, 3.8) is 0 Å². The molecule has 3 aliphatic rings. The van der Waals surface area contributed by atoms with Crippen LogP contribution in [0.2, 0.25) is 0 Å². The Morgan fingerprint density at radius 1 is 1.31 bits per heavy atom. The summed E-state index contributed by atoms with van der Waals surface area (Å²) in [5.74, 6) is 1.20. The smallest absolute Gasteiger partial charge is 0.213 e. The molecule has 0 radical (unpaired) electrons. The fraction of sp³-hybridized carbons (Fsp3) is 0.500. The monoisotopic (exact) mass is 406 g/mol. The zero-order chi connectivity index (χ0) is 19.6. The van der Waals surface area contributed by atoms with Crippen molar-refractivity contribution in [2.75, 3.05) is 13.6 Å². The Hall–Kier alpha value is -2.25. The predicted octanol–water partition coefficient (Wildman–Crippen LogP) is 3.68. The van der Waals surface area contributed by atoms with Gasteiger partial charge in [-0.15, -0.1) is 0 Å². The largest absolute Gasteiger partial charge is 0.369 e. The van der Waals surface area contributed by atoms with Crippen LogP contribution in [-0.2, 0) is 11.8 Å². The third-order valence-corrected chi connectivity index (χ3v) is 8.50. The molecule has 2 aliphatic carbocycles. The standard InChI is InChI=1S/C22H26N6S/c1-27-8-6-22-5-3-2-4-15(22)18(27)10-14-11-19-17(12-16(14)22)25-21(29-19)26-20(23)28-9-7-24-13-28/h7,9,11-13,15,18H,2-6,8,10H2,1H3,(H2,23,25,26)/t15-,18+,22+/m0/s1. The molecule has 2 aromatic heterocycles. The van der Waals surface area contributed by atoms with Gasteiger partial charge in [0.05, 0.1) is 10.2 Å². The number of benzene rings is 1. The zero-order valence-corrected chi connectivity index (χ0v) is 17.5. The van der Waals surface area contributed by atoms with Crippen LogP contribution in [0.1, 0.15) is 43.2 Å². The number of likely N-dealkylation sites (tertiary alicyclic amines) is 1. The lowest BCUT2D eigenvalue weighted by atomic mass is 9.52. The number of piperidine rings is 1. The van der Waals surface area contributed by atoms with E-state index in [-0.39, 0.29) is 0 Å². The molecule has 1 aliphatic heterocycles. The molecule has 6 nitrogen and oxygen atoms in total. The van der Waals surface area contributed by atoms with E-state index >= 15 is 0 Å².